The van der Waals surface area contributed by atoms with Gasteiger partial charge in [0, 0.05) is 12.3 Å². The van der Waals surface area contributed by atoms with E-state index < -0.39 is 24.0 Å². The molecule has 4 rings (SSSR count). The zero-order valence-corrected chi connectivity index (χ0v) is 19.2. The summed E-state index contributed by atoms with van der Waals surface area (Å²) in [6, 6.07) is 1.13. The topological polar surface area (TPSA) is 102 Å². The highest BCUT2D eigenvalue weighted by Gasteiger charge is 2.32. The van der Waals surface area contributed by atoms with Crippen molar-refractivity contribution in [3.63, 3.8) is 0 Å². The summed E-state index contributed by atoms with van der Waals surface area (Å²) in [6.45, 7) is 4.37. The van der Waals surface area contributed by atoms with E-state index in [1.54, 1.807) is 17.1 Å². The second-order valence-corrected chi connectivity index (χ2v) is 7.95. The zero-order chi connectivity index (χ0) is 24.3. The highest BCUT2D eigenvalue weighted by atomic mass is 19.1. The molecule has 0 saturated carbocycles. The van der Waals surface area contributed by atoms with E-state index >= 15 is 0 Å². The first-order valence-corrected chi connectivity index (χ1v) is 10.4. The molecule has 0 unspecified atom stereocenters. The van der Waals surface area contributed by atoms with Crippen LogP contribution in [0.25, 0.3) is 0 Å². The Morgan fingerprint density at radius 1 is 1.12 bits per heavy atom. The molecule has 1 aliphatic rings. The Bertz CT molecular complexity index is 1110. The Hall–Kier alpha value is -3.51. The van der Waals surface area contributed by atoms with Gasteiger partial charge < -0.3 is 29.0 Å². The molecule has 0 spiro atoms. The van der Waals surface area contributed by atoms with Gasteiger partial charge in [0.05, 0.1) is 57.2 Å². The van der Waals surface area contributed by atoms with Gasteiger partial charge in [-0.3, -0.25) is 4.68 Å². The van der Waals surface area contributed by atoms with E-state index in [-0.39, 0.29) is 28.9 Å². The predicted molar refractivity (Wildman–Crippen MR) is 116 cm³/mol. The molecule has 34 heavy (non-hydrogen) atoms. The number of benzene rings is 1. The van der Waals surface area contributed by atoms with Crippen LogP contribution in [0.5, 0.6) is 17.2 Å². The molecule has 0 bridgehead atoms. The van der Waals surface area contributed by atoms with Crippen molar-refractivity contribution in [2.45, 2.75) is 38.9 Å². The predicted octanol–water partition coefficient (Wildman–Crippen LogP) is 3.44. The van der Waals surface area contributed by atoms with Gasteiger partial charge in [0.15, 0.2) is 34.7 Å². The minimum Gasteiger partial charge on any atom is -0.494 e. The maximum absolute atomic E-state index is 14.5. The van der Waals surface area contributed by atoms with Crippen LogP contribution in [-0.4, -0.2) is 52.5 Å². The van der Waals surface area contributed by atoms with Crippen LogP contribution in [0.1, 0.15) is 19.4 Å². The first-order valence-electron chi connectivity index (χ1n) is 10.4. The lowest BCUT2D eigenvalue weighted by atomic mass is 10.1. The number of anilines is 2. The summed E-state index contributed by atoms with van der Waals surface area (Å²) in [5.41, 5.74) is 0.352. The minimum atomic E-state index is -0.866. The fourth-order valence-electron chi connectivity index (χ4n) is 3.39. The van der Waals surface area contributed by atoms with Gasteiger partial charge in [-0.05, 0) is 13.8 Å². The summed E-state index contributed by atoms with van der Waals surface area (Å²) in [4.78, 5) is 8.33. The van der Waals surface area contributed by atoms with E-state index in [0.717, 1.165) is 6.07 Å². The summed E-state index contributed by atoms with van der Waals surface area (Å²) in [7, 11) is 2.56. The number of hydrogen-bond donors (Lipinski definition) is 1. The van der Waals surface area contributed by atoms with Crippen LogP contribution in [0, 0.1) is 11.6 Å². The number of halogens is 2. The van der Waals surface area contributed by atoms with Crippen LogP contribution >= 0.6 is 0 Å². The first-order chi connectivity index (χ1) is 16.3. The average molecular weight is 477 g/mol. The van der Waals surface area contributed by atoms with Crippen LogP contribution in [-0.2, 0) is 22.6 Å². The molecule has 3 aromatic rings. The third kappa shape index (κ3) is 5.34. The fraction of sp³-hybridized carbons (Fsp3) is 0.409. The number of aromatic nitrogens is 4. The molecule has 0 radical (unpaired) electrons. The first kappa shape index (κ1) is 23.6. The van der Waals surface area contributed by atoms with Crippen LogP contribution in [0.2, 0.25) is 0 Å². The Morgan fingerprint density at radius 2 is 1.79 bits per heavy atom. The van der Waals surface area contributed by atoms with E-state index in [1.807, 2.05) is 13.8 Å². The third-order valence-electron chi connectivity index (χ3n) is 5.02. The normalized spacial score (nSPS) is 16.9. The molecular formula is C22H25F2N5O5. The molecule has 3 heterocycles. The number of rotatable bonds is 9. The summed E-state index contributed by atoms with van der Waals surface area (Å²) >= 11 is 0. The molecule has 1 fully saturated rings. The molecule has 2 aromatic heterocycles. The van der Waals surface area contributed by atoms with Gasteiger partial charge in [-0.2, -0.15) is 5.10 Å². The van der Waals surface area contributed by atoms with Crippen molar-refractivity contribution in [1.29, 1.82) is 0 Å². The van der Waals surface area contributed by atoms with Crippen molar-refractivity contribution in [2.24, 2.45) is 0 Å². The van der Waals surface area contributed by atoms with Gasteiger partial charge in [-0.25, -0.2) is 18.7 Å². The number of methoxy groups -OCH3 is 2. The quantitative estimate of drug-likeness (QED) is 0.497. The van der Waals surface area contributed by atoms with Crippen molar-refractivity contribution in [3.8, 4) is 17.2 Å². The molecule has 182 valence electrons. The van der Waals surface area contributed by atoms with Crippen molar-refractivity contribution in [3.05, 3.63) is 48.1 Å². The Morgan fingerprint density at radius 3 is 2.38 bits per heavy atom. The SMILES string of the molecule is COc1cc(OC)c(F)c(COc2cnc(Nc3cnn(C[C@H]4COC(C)(C)O4)c3)nc2)c1F. The maximum Gasteiger partial charge on any atom is 0.227 e. The Labute approximate surface area is 194 Å². The molecule has 1 saturated heterocycles. The van der Waals surface area contributed by atoms with E-state index in [9.17, 15) is 8.78 Å². The van der Waals surface area contributed by atoms with Crippen LogP contribution in [0.3, 0.4) is 0 Å². The van der Waals surface area contributed by atoms with Gasteiger partial charge >= 0.3 is 0 Å². The smallest absolute Gasteiger partial charge is 0.227 e. The third-order valence-corrected chi connectivity index (χ3v) is 5.02. The van der Waals surface area contributed by atoms with Crippen molar-refractivity contribution in [2.75, 3.05) is 26.1 Å². The van der Waals surface area contributed by atoms with E-state index in [0.29, 0.717) is 24.8 Å². The molecular weight excluding hydrogens is 452 g/mol. The number of nitrogens with zero attached hydrogens (tertiary/aromatic N) is 4. The minimum absolute atomic E-state index is 0.0883. The van der Waals surface area contributed by atoms with Gasteiger partial charge in [-0.1, -0.05) is 0 Å². The summed E-state index contributed by atoms with van der Waals surface area (Å²) < 4.78 is 57.3. The molecule has 0 amide bonds. The number of hydrogen-bond acceptors (Lipinski definition) is 9. The monoisotopic (exact) mass is 477 g/mol. The maximum atomic E-state index is 14.5. The highest BCUT2D eigenvalue weighted by molar-refractivity contribution is 5.50. The molecule has 12 heteroatoms. The average Bonchev–Trinajstić information content (AvgIpc) is 3.40. The summed E-state index contributed by atoms with van der Waals surface area (Å²) in [5, 5.41) is 7.32. The van der Waals surface area contributed by atoms with Crippen LogP contribution in [0.15, 0.2) is 30.9 Å². The molecule has 1 aliphatic heterocycles. The van der Waals surface area contributed by atoms with Gasteiger partial charge in [0.2, 0.25) is 5.95 Å². The molecule has 10 nitrogen and oxygen atoms in total. The zero-order valence-electron chi connectivity index (χ0n) is 19.2. The lowest BCUT2D eigenvalue weighted by molar-refractivity contribution is -0.139. The molecule has 1 N–H and O–H groups in total. The second kappa shape index (κ2) is 9.77. The van der Waals surface area contributed by atoms with Gasteiger partial charge in [0.1, 0.15) is 12.7 Å². The Kier molecular flexibility index (Phi) is 6.80. The number of nitrogens with one attached hydrogen (secondary N) is 1. The molecule has 1 aromatic carbocycles. The van der Waals surface area contributed by atoms with E-state index in [2.05, 4.69) is 20.4 Å². The summed E-state index contributed by atoms with van der Waals surface area (Å²) in [5.74, 6) is -2.10. The van der Waals surface area contributed by atoms with E-state index in [1.165, 1.54) is 26.6 Å². The molecule has 1 atom stereocenters. The fourth-order valence-corrected chi connectivity index (χ4v) is 3.39. The van der Waals surface area contributed by atoms with Gasteiger partial charge in [-0.15, -0.1) is 0 Å². The van der Waals surface area contributed by atoms with Gasteiger partial charge in [0.25, 0.3) is 0 Å². The largest absolute Gasteiger partial charge is 0.494 e. The number of ether oxygens (including phenoxy) is 5. The van der Waals surface area contributed by atoms with Crippen LogP contribution in [0.4, 0.5) is 20.4 Å². The highest BCUT2D eigenvalue weighted by Crippen LogP contribution is 2.32. The Balaban J connectivity index is 1.35. The second-order valence-electron chi connectivity index (χ2n) is 7.95. The standard InChI is InChI=1S/C22H25F2N5O5/c1-22(2)33-11-15(34-22)10-29-9-13(6-27-29)28-21-25-7-14(8-26-21)32-12-16-19(23)17(30-3)5-18(31-4)20(16)24/h5-9,15H,10-12H2,1-4H3,(H,25,26,28)/t15-/m0/s1. The lowest BCUT2D eigenvalue weighted by Gasteiger charge is -2.16. The van der Waals surface area contributed by atoms with Crippen LogP contribution < -0.4 is 19.5 Å². The van der Waals surface area contributed by atoms with Crippen molar-refractivity contribution < 1.29 is 32.5 Å². The molecule has 0 aliphatic carbocycles. The summed E-state index contributed by atoms with van der Waals surface area (Å²) in [6.07, 6.45) is 6.12. The lowest BCUT2D eigenvalue weighted by Crippen LogP contribution is -2.24. The van der Waals surface area contributed by atoms with E-state index in [4.69, 9.17) is 23.7 Å². The van der Waals surface area contributed by atoms with Crippen molar-refractivity contribution in [1.82, 2.24) is 19.7 Å². The van der Waals surface area contributed by atoms with Crippen molar-refractivity contribution >= 4 is 11.6 Å².